The van der Waals surface area contributed by atoms with Gasteiger partial charge in [-0.25, -0.2) is 4.39 Å². The van der Waals surface area contributed by atoms with Crippen molar-refractivity contribution in [1.29, 1.82) is 0 Å². The van der Waals surface area contributed by atoms with Gasteiger partial charge in [0, 0.05) is 17.0 Å². The number of nitrogens with one attached hydrogen (secondary N) is 1. The van der Waals surface area contributed by atoms with Crippen LogP contribution in [0.3, 0.4) is 0 Å². The molecule has 35 heavy (non-hydrogen) atoms. The number of aromatic nitrogens is 2. The van der Waals surface area contributed by atoms with Gasteiger partial charge in [0.1, 0.15) is 18.2 Å². The number of nitrogens with zero attached hydrogens (tertiary/aromatic N) is 1. The molecule has 3 aromatic carbocycles. The molecule has 1 N–H and O–H groups in total. The van der Waals surface area contributed by atoms with Crippen LogP contribution >= 0.6 is 0 Å². The SMILES string of the molecule is COc1ccc(-c2[nH]nc3c2[C@@H](c2ccc(OCc4ccccc4F)c(OC)c2)CC(=O)O3)cc1. The number of hydrogen-bond donors (Lipinski definition) is 1. The number of aromatic amines is 1. The molecule has 0 radical (unpaired) electrons. The van der Waals surface area contributed by atoms with Crippen LogP contribution in [0.15, 0.2) is 66.7 Å². The third-order valence-electron chi connectivity index (χ3n) is 6.01. The zero-order chi connectivity index (χ0) is 24.4. The highest BCUT2D eigenvalue weighted by Gasteiger charge is 2.34. The summed E-state index contributed by atoms with van der Waals surface area (Å²) >= 11 is 0. The van der Waals surface area contributed by atoms with Gasteiger partial charge in [0.25, 0.3) is 0 Å². The molecule has 4 aromatic rings. The van der Waals surface area contributed by atoms with E-state index in [1.54, 1.807) is 31.4 Å². The predicted octanol–water partition coefficient (Wildman–Crippen LogP) is 5.25. The van der Waals surface area contributed by atoms with Gasteiger partial charge in [-0.05, 0) is 48.0 Å². The van der Waals surface area contributed by atoms with Crippen LogP contribution in [-0.2, 0) is 11.4 Å². The maximum Gasteiger partial charge on any atom is 0.313 e. The fourth-order valence-corrected chi connectivity index (χ4v) is 4.21. The van der Waals surface area contributed by atoms with E-state index < -0.39 is 0 Å². The fraction of sp³-hybridized carbons (Fsp3) is 0.185. The van der Waals surface area contributed by atoms with Gasteiger partial charge in [0.2, 0.25) is 5.88 Å². The summed E-state index contributed by atoms with van der Waals surface area (Å²) in [4.78, 5) is 12.4. The van der Waals surface area contributed by atoms with Crippen LogP contribution in [0, 0.1) is 5.82 Å². The van der Waals surface area contributed by atoms with Gasteiger partial charge >= 0.3 is 5.97 Å². The van der Waals surface area contributed by atoms with E-state index in [0.717, 1.165) is 28.1 Å². The second-order valence-electron chi connectivity index (χ2n) is 8.07. The van der Waals surface area contributed by atoms with Crippen LogP contribution in [0.25, 0.3) is 11.3 Å². The number of benzene rings is 3. The number of ether oxygens (including phenoxy) is 4. The smallest absolute Gasteiger partial charge is 0.313 e. The first-order valence-corrected chi connectivity index (χ1v) is 11.0. The molecular formula is C27H23FN2O5. The number of halogens is 1. The Hall–Kier alpha value is -4.33. The first-order chi connectivity index (χ1) is 17.1. The molecule has 1 atom stereocenters. The summed E-state index contributed by atoms with van der Waals surface area (Å²) in [6.45, 7) is 0.0611. The van der Waals surface area contributed by atoms with Crippen LogP contribution in [-0.4, -0.2) is 30.4 Å². The maximum absolute atomic E-state index is 14.0. The highest BCUT2D eigenvalue weighted by Crippen LogP contribution is 2.44. The lowest BCUT2D eigenvalue weighted by Crippen LogP contribution is -2.21. The fourth-order valence-electron chi connectivity index (χ4n) is 4.21. The van der Waals surface area contributed by atoms with E-state index in [1.807, 2.05) is 36.4 Å². The van der Waals surface area contributed by atoms with Crippen molar-refractivity contribution in [2.45, 2.75) is 18.9 Å². The Morgan fingerprint density at radius 3 is 2.57 bits per heavy atom. The molecule has 0 saturated heterocycles. The minimum Gasteiger partial charge on any atom is -0.497 e. The molecule has 1 aromatic heterocycles. The number of rotatable bonds is 7. The molecule has 1 aliphatic heterocycles. The molecule has 8 heteroatoms. The number of H-pyrrole nitrogens is 1. The number of esters is 1. The minimum atomic E-state index is -0.367. The van der Waals surface area contributed by atoms with E-state index >= 15 is 0 Å². The number of carbonyl (C=O) groups excluding carboxylic acids is 1. The first kappa shape index (κ1) is 22.5. The first-order valence-electron chi connectivity index (χ1n) is 11.0. The van der Waals surface area contributed by atoms with E-state index in [4.69, 9.17) is 18.9 Å². The molecule has 0 saturated carbocycles. The molecule has 0 fully saturated rings. The third-order valence-corrected chi connectivity index (χ3v) is 6.01. The van der Waals surface area contributed by atoms with Gasteiger partial charge in [0.05, 0.1) is 31.9 Å². The molecule has 1 aliphatic rings. The minimum absolute atomic E-state index is 0.0611. The quantitative estimate of drug-likeness (QED) is 0.368. The predicted molar refractivity (Wildman–Crippen MR) is 126 cm³/mol. The normalized spacial score (nSPS) is 14.7. The topological polar surface area (TPSA) is 82.7 Å². The Labute approximate surface area is 201 Å². The number of hydrogen-bond acceptors (Lipinski definition) is 6. The van der Waals surface area contributed by atoms with Crippen LogP contribution in [0.1, 0.15) is 29.0 Å². The summed E-state index contributed by atoms with van der Waals surface area (Å²) in [5, 5.41) is 7.26. The molecule has 0 bridgehead atoms. The van der Waals surface area contributed by atoms with Gasteiger partial charge in [-0.2, -0.15) is 0 Å². The molecule has 0 amide bonds. The molecule has 0 unspecified atom stereocenters. The van der Waals surface area contributed by atoms with E-state index in [1.165, 1.54) is 13.2 Å². The van der Waals surface area contributed by atoms with Crippen molar-refractivity contribution in [3.63, 3.8) is 0 Å². The summed E-state index contributed by atoms with van der Waals surface area (Å²) in [5.41, 5.74) is 3.73. The van der Waals surface area contributed by atoms with Gasteiger partial charge in [-0.3, -0.25) is 9.89 Å². The summed E-state index contributed by atoms with van der Waals surface area (Å²) in [7, 11) is 3.15. The summed E-state index contributed by atoms with van der Waals surface area (Å²) in [6, 6.07) is 19.5. The summed E-state index contributed by atoms with van der Waals surface area (Å²) in [6.07, 6.45) is 0.147. The van der Waals surface area contributed by atoms with Gasteiger partial charge in [-0.15, -0.1) is 5.10 Å². The second-order valence-corrected chi connectivity index (χ2v) is 8.07. The lowest BCUT2D eigenvalue weighted by Gasteiger charge is -2.23. The van der Waals surface area contributed by atoms with E-state index in [2.05, 4.69) is 10.2 Å². The number of fused-ring (bicyclic) bond motifs is 1. The lowest BCUT2D eigenvalue weighted by molar-refractivity contribution is -0.135. The zero-order valence-electron chi connectivity index (χ0n) is 19.2. The van der Waals surface area contributed by atoms with E-state index in [-0.39, 0.29) is 36.6 Å². The third kappa shape index (κ3) is 4.42. The summed E-state index contributed by atoms with van der Waals surface area (Å²) in [5.74, 6) is 0.944. The van der Waals surface area contributed by atoms with Gasteiger partial charge in [-0.1, -0.05) is 24.3 Å². The van der Waals surface area contributed by atoms with Crippen molar-refractivity contribution in [1.82, 2.24) is 10.2 Å². The largest absolute Gasteiger partial charge is 0.497 e. The molecule has 178 valence electrons. The number of carbonyl (C=O) groups is 1. The zero-order valence-corrected chi connectivity index (χ0v) is 19.2. The van der Waals surface area contributed by atoms with E-state index in [0.29, 0.717) is 17.1 Å². The van der Waals surface area contributed by atoms with Crippen LogP contribution < -0.4 is 18.9 Å². The molecule has 0 aliphatic carbocycles. The lowest BCUT2D eigenvalue weighted by atomic mass is 9.85. The Morgan fingerprint density at radius 2 is 1.83 bits per heavy atom. The standard InChI is InChI=1S/C27H23FN2O5/c1-32-19-10-7-16(8-11-19)26-25-20(14-24(31)35-27(25)30-29-26)17-9-12-22(23(13-17)33-2)34-15-18-5-3-4-6-21(18)28/h3-13,20H,14-15H2,1-2H3,(H,29,30)/t20-/m1/s1. The Bertz CT molecular complexity index is 1370. The Morgan fingerprint density at radius 1 is 1.03 bits per heavy atom. The van der Waals surface area contributed by atoms with Crippen LogP contribution in [0.2, 0.25) is 0 Å². The molecule has 2 heterocycles. The average molecular weight is 474 g/mol. The van der Waals surface area contributed by atoms with Crippen LogP contribution in [0.5, 0.6) is 23.1 Å². The molecule has 7 nitrogen and oxygen atoms in total. The Balaban J connectivity index is 1.48. The number of methoxy groups -OCH3 is 2. The molecule has 5 rings (SSSR count). The van der Waals surface area contributed by atoms with Crippen molar-refractivity contribution < 1.29 is 28.1 Å². The maximum atomic E-state index is 14.0. The van der Waals surface area contributed by atoms with Crippen molar-refractivity contribution in [2.24, 2.45) is 0 Å². The molecule has 0 spiro atoms. The van der Waals surface area contributed by atoms with E-state index in [9.17, 15) is 9.18 Å². The van der Waals surface area contributed by atoms with Crippen LogP contribution in [0.4, 0.5) is 4.39 Å². The van der Waals surface area contributed by atoms with Crippen molar-refractivity contribution >= 4 is 5.97 Å². The van der Waals surface area contributed by atoms with Crippen molar-refractivity contribution in [2.75, 3.05) is 14.2 Å². The van der Waals surface area contributed by atoms with Crippen molar-refractivity contribution in [3.05, 3.63) is 89.2 Å². The van der Waals surface area contributed by atoms with Crippen molar-refractivity contribution in [3.8, 4) is 34.4 Å². The average Bonchev–Trinajstić information content (AvgIpc) is 3.31. The highest BCUT2D eigenvalue weighted by atomic mass is 19.1. The summed E-state index contributed by atoms with van der Waals surface area (Å²) < 4.78 is 36.0. The monoisotopic (exact) mass is 474 g/mol. The molecular weight excluding hydrogens is 451 g/mol. The highest BCUT2D eigenvalue weighted by molar-refractivity contribution is 5.80. The Kier molecular flexibility index (Phi) is 6.10. The van der Waals surface area contributed by atoms with Gasteiger partial charge in [0.15, 0.2) is 11.5 Å². The second kappa shape index (κ2) is 9.50. The van der Waals surface area contributed by atoms with Gasteiger partial charge < -0.3 is 18.9 Å².